The van der Waals surface area contributed by atoms with Gasteiger partial charge in [-0.1, -0.05) is 0 Å². The second kappa shape index (κ2) is 5.35. The number of nitrogens with one attached hydrogen (secondary N) is 1. The van der Waals surface area contributed by atoms with Gasteiger partial charge in [0.2, 0.25) is 5.88 Å². The normalized spacial score (nSPS) is 10.1. The van der Waals surface area contributed by atoms with Crippen molar-refractivity contribution in [1.29, 1.82) is 0 Å². The van der Waals surface area contributed by atoms with Crippen LogP contribution >= 0.6 is 0 Å². The zero-order chi connectivity index (χ0) is 13.0. The van der Waals surface area contributed by atoms with Gasteiger partial charge in [-0.05, 0) is 30.2 Å². The topological polar surface area (TPSA) is 73.1 Å². The first kappa shape index (κ1) is 12.2. The fraction of sp³-hybridized carbons (Fsp3) is 0.231. The Morgan fingerprint density at radius 3 is 2.89 bits per heavy atom. The summed E-state index contributed by atoms with van der Waals surface area (Å²) in [4.78, 5) is 8.27. The predicted octanol–water partition coefficient (Wildman–Crippen LogP) is 1.99. The summed E-state index contributed by atoms with van der Waals surface area (Å²) >= 11 is 0. The molecule has 2 heterocycles. The maximum atomic E-state index is 5.72. The van der Waals surface area contributed by atoms with Gasteiger partial charge < -0.3 is 15.8 Å². The molecule has 0 amide bonds. The van der Waals surface area contributed by atoms with E-state index in [9.17, 15) is 0 Å². The van der Waals surface area contributed by atoms with Crippen LogP contribution in [0.15, 0.2) is 30.6 Å². The van der Waals surface area contributed by atoms with Crippen molar-refractivity contribution in [2.24, 2.45) is 0 Å². The first-order valence-electron chi connectivity index (χ1n) is 5.64. The van der Waals surface area contributed by atoms with Crippen molar-refractivity contribution in [3.63, 3.8) is 0 Å². The standard InChI is InChI=1S/C13H16N4O/c1-9-5-12(17-8-11(9)14)16-7-10-3-4-15-13(6-10)18-2/h3-6,8H,7,14H2,1-2H3,(H,16,17). The fourth-order valence-corrected chi connectivity index (χ4v) is 1.53. The molecule has 2 rings (SSSR count). The monoisotopic (exact) mass is 244 g/mol. The summed E-state index contributed by atoms with van der Waals surface area (Å²) in [5.41, 5.74) is 8.51. The molecule has 0 aliphatic carbocycles. The average molecular weight is 244 g/mol. The zero-order valence-electron chi connectivity index (χ0n) is 10.5. The third kappa shape index (κ3) is 2.88. The highest BCUT2D eigenvalue weighted by Crippen LogP contribution is 2.15. The summed E-state index contributed by atoms with van der Waals surface area (Å²) in [5, 5.41) is 3.23. The van der Waals surface area contributed by atoms with E-state index in [0.29, 0.717) is 18.1 Å². The lowest BCUT2D eigenvalue weighted by atomic mass is 10.2. The lowest BCUT2D eigenvalue weighted by Gasteiger charge is -2.08. The van der Waals surface area contributed by atoms with E-state index in [4.69, 9.17) is 10.5 Å². The van der Waals surface area contributed by atoms with Crippen molar-refractivity contribution in [3.05, 3.63) is 41.7 Å². The van der Waals surface area contributed by atoms with Gasteiger partial charge in [0.1, 0.15) is 5.82 Å². The van der Waals surface area contributed by atoms with Crippen LogP contribution in [0.5, 0.6) is 5.88 Å². The number of hydrogen-bond donors (Lipinski definition) is 2. The molecule has 2 aromatic rings. The minimum Gasteiger partial charge on any atom is -0.481 e. The van der Waals surface area contributed by atoms with Crippen LogP contribution in [0.3, 0.4) is 0 Å². The Labute approximate surface area is 106 Å². The molecule has 0 bridgehead atoms. The molecule has 0 fully saturated rings. The number of ether oxygens (including phenoxy) is 1. The number of hydrogen-bond acceptors (Lipinski definition) is 5. The van der Waals surface area contributed by atoms with E-state index >= 15 is 0 Å². The molecule has 0 saturated heterocycles. The van der Waals surface area contributed by atoms with Crippen molar-refractivity contribution in [3.8, 4) is 5.88 Å². The van der Waals surface area contributed by atoms with Crippen LogP contribution in [0.1, 0.15) is 11.1 Å². The molecule has 0 spiro atoms. The smallest absolute Gasteiger partial charge is 0.213 e. The number of nitrogens with two attached hydrogens (primary N) is 1. The molecule has 3 N–H and O–H groups in total. The van der Waals surface area contributed by atoms with Gasteiger partial charge in [-0.3, -0.25) is 0 Å². The molecule has 0 aliphatic rings. The molecule has 18 heavy (non-hydrogen) atoms. The van der Waals surface area contributed by atoms with Gasteiger partial charge in [0, 0.05) is 18.8 Å². The van der Waals surface area contributed by atoms with Crippen molar-refractivity contribution in [2.45, 2.75) is 13.5 Å². The summed E-state index contributed by atoms with van der Waals surface area (Å²) in [6.07, 6.45) is 3.38. The molecule has 5 heteroatoms. The lowest BCUT2D eigenvalue weighted by molar-refractivity contribution is 0.397. The molecule has 0 aromatic carbocycles. The van der Waals surface area contributed by atoms with E-state index in [1.165, 1.54) is 0 Å². The summed E-state index contributed by atoms with van der Waals surface area (Å²) in [6, 6.07) is 5.74. The average Bonchev–Trinajstić information content (AvgIpc) is 2.40. The van der Waals surface area contributed by atoms with Crippen LogP contribution in [0.2, 0.25) is 0 Å². The first-order valence-corrected chi connectivity index (χ1v) is 5.64. The van der Waals surface area contributed by atoms with Crippen LogP contribution in [0, 0.1) is 6.92 Å². The second-order valence-corrected chi connectivity index (χ2v) is 3.99. The number of nitrogens with zero attached hydrogens (tertiary/aromatic N) is 2. The molecule has 0 atom stereocenters. The summed E-state index contributed by atoms with van der Waals surface area (Å²) in [6.45, 7) is 2.62. The maximum Gasteiger partial charge on any atom is 0.213 e. The number of pyridine rings is 2. The van der Waals surface area contributed by atoms with Crippen LogP contribution in [0.4, 0.5) is 11.5 Å². The van der Waals surface area contributed by atoms with Crippen LogP contribution < -0.4 is 15.8 Å². The fourth-order valence-electron chi connectivity index (χ4n) is 1.53. The van der Waals surface area contributed by atoms with Crippen LogP contribution in [-0.2, 0) is 6.54 Å². The van der Waals surface area contributed by atoms with Crippen molar-refractivity contribution >= 4 is 11.5 Å². The van der Waals surface area contributed by atoms with E-state index < -0.39 is 0 Å². The van der Waals surface area contributed by atoms with Gasteiger partial charge >= 0.3 is 0 Å². The van der Waals surface area contributed by atoms with E-state index in [1.807, 2.05) is 25.1 Å². The first-order chi connectivity index (χ1) is 8.69. The number of anilines is 2. The number of methoxy groups -OCH3 is 1. The second-order valence-electron chi connectivity index (χ2n) is 3.99. The molecule has 5 nitrogen and oxygen atoms in total. The van der Waals surface area contributed by atoms with Gasteiger partial charge in [-0.2, -0.15) is 0 Å². The summed E-state index contributed by atoms with van der Waals surface area (Å²) in [5.74, 6) is 1.41. The highest BCUT2D eigenvalue weighted by atomic mass is 16.5. The molecular formula is C13H16N4O. The number of rotatable bonds is 4. The Bertz CT molecular complexity index is 542. The molecule has 0 aliphatic heterocycles. The minimum atomic E-state index is 0.607. The predicted molar refractivity (Wildman–Crippen MR) is 71.5 cm³/mol. The van der Waals surface area contributed by atoms with E-state index in [-0.39, 0.29) is 0 Å². The molecule has 0 unspecified atom stereocenters. The van der Waals surface area contributed by atoms with Crippen LogP contribution in [0.25, 0.3) is 0 Å². The number of aromatic nitrogens is 2. The third-order valence-corrected chi connectivity index (χ3v) is 2.63. The molecule has 0 saturated carbocycles. The van der Waals surface area contributed by atoms with Gasteiger partial charge in [0.25, 0.3) is 0 Å². The van der Waals surface area contributed by atoms with Gasteiger partial charge in [-0.25, -0.2) is 9.97 Å². The highest BCUT2D eigenvalue weighted by molar-refractivity contribution is 5.51. The van der Waals surface area contributed by atoms with Crippen LogP contribution in [-0.4, -0.2) is 17.1 Å². The Morgan fingerprint density at radius 1 is 1.33 bits per heavy atom. The van der Waals surface area contributed by atoms with Gasteiger partial charge in [0.15, 0.2) is 0 Å². The van der Waals surface area contributed by atoms with E-state index in [0.717, 1.165) is 16.9 Å². The molecular weight excluding hydrogens is 228 g/mol. The van der Waals surface area contributed by atoms with E-state index in [2.05, 4.69) is 15.3 Å². The molecule has 2 aromatic heterocycles. The quantitative estimate of drug-likeness (QED) is 0.860. The number of nitrogen functional groups attached to an aromatic ring is 1. The van der Waals surface area contributed by atoms with Crippen molar-refractivity contribution in [2.75, 3.05) is 18.2 Å². The third-order valence-electron chi connectivity index (χ3n) is 2.63. The van der Waals surface area contributed by atoms with Gasteiger partial charge in [0.05, 0.1) is 19.0 Å². The van der Waals surface area contributed by atoms with Gasteiger partial charge in [-0.15, -0.1) is 0 Å². The Balaban J connectivity index is 2.04. The van der Waals surface area contributed by atoms with Crippen molar-refractivity contribution < 1.29 is 4.74 Å². The van der Waals surface area contributed by atoms with Crippen molar-refractivity contribution in [1.82, 2.24) is 9.97 Å². The Hall–Kier alpha value is -2.30. The summed E-state index contributed by atoms with van der Waals surface area (Å²) in [7, 11) is 1.60. The number of aryl methyl sites for hydroxylation is 1. The maximum absolute atomic E-state index is 5.72. The molecule has 0 radical (unpaired) electrons. The Kier molecular flexibility index (Phi) is 3.62. The SMILES string of the molecule is COc1cc(CNc2cc(C)c(N)cn2)ccn1. The zero-order valence-corrected chi connectivity index (χ0v) is 10.5. The highest BCUT2D eigenvalue weighted by Gasteiger charge is 2.00. The lowest BCUT2D eigenvalue weighted by Crippen LogP contribution is -2.03. The summed E-state index contributed by atoms with van der Waals surface area (Å²) < 4.78 is 5.07. The Morgan fingerprint density at radius 2 is 2.17 bits per heavy atom. The van der Waals surface area contributed by atoms with E-state index in [1.54, 1.807) is 19.5 Å². The minimum absolute atomic E-state index is 0.607. The molecule has 94 valence electrons. The largest absolute Gasteiger partial charge is 0.481 e.